The molecule has 0 radical (unpaired) electrons. The van der Waals surface area contributed by atoms with Gasteiger partial charge in [0.2, 0.25) is 11.4 Å². The van der Waals surface area contributed by atoms with Gasteiger partial charge >= 0.3 is 0 Å². The van der Waals surface area contributed by atoms with Gasteiger partial charge in [0, 0.05) is 38.8 Å². The van der Waals surface area contributed by atoms with Crippen LogP contribution in [0, 0.1) is 0 Å². The minimum atomic E-state index is 0. The molecular formula is C73H118N2Ni. The topological polar surface area (TPSA) is 25.3 Å². The summed E-state index contributed by atoms with van der Waals surface area (Å²) < 4.78 is 1.68. The Kier molecular flexibility index (Phi) is 43.6. The van der Waals surface area contributed by atoms with Gasteiger partial charge in [0.25, 0.3) is 0 Å². The third-order valence-corrected chi connectivity index (χ3v) is 15.8. The molecule has 1 aliphatic rings. The Bertz CT molecular complexity index is 1860. The number of rotatable bonds is 49. The Morgan fingerprint density at radius 3 is 0.763 bits per heavy atom. The van der Waals surface area contributed by atoms with Crippen LogP contribution in [0.3, 0.4) is 0 Å². The Morgan fingerprint density at radius 1 is 0.289 bits per heavy atom. The Balaban J connectivity index is 0.0000198. The van der Waals surface area contributed by atoms with E-state index < -0.39 is 0 Å². The van der Waals surface area contributed by atoms with Gasteiger partial charge in [-0.15, -0.1) is 0 Å². The van der Waals surface area contributed by atoms with Crippen LogP contribution in [0.5, 0.6) is 0 Å². The Labute approximate surface area is 482 Å². The summed E-state index contributed by atoms with van der Waals surface area (Å²) in [5.41, 5.74) is 25.2. The summed E-state index contributed by atoms with van der Waals surface area (Å²) >= 11 is 0. The van der Waals surface area contributed by atoms with E-state index in [-0.39, 0.29) is 16.5 Å². The van der Waals surface area contributed by atoms with Crippen LogP contribution in [0.4, 0.5) is 0 Å². The molecule has 3 rings (SSSR count). The van der Waals surface area contributed by atoms with Crippen LogP contribution >= 0.6 is 0 Å². The first-order chi connectivity index (χ1) is 37.0. The maximum absolute atomic E-state index is 13.1. The molecule has 2 aromatic rings. The normalized spacial score (nSPS) is 13.2. The van der Waals surface area contributed by atoms with Crippen molar-refractivity contribution in [2.75, 3.05) is 0 Å². The van der Waals surface area contributed by atoms with E-state index in [1.54, 1.807) is 4.70 Å². The van der Waals surface area contributed by atoms with E-state index in [4.69, 9.17) is 0 Å². The van der Waals surface area contributed by atoms with E-state index >= 15 is 0 Å². The predicted molar refractivity (Wildman–Crippen MR) is 339 cm³/mol. The van der Waals surface area contributed by atoms with Gasteiger partial charge in [-0.1, -0.05) is 289 Å². The van der Waals surface area contributed by atoms with E-state index in [1.165, 1.54) is 258 Å². The van der Waals surface area contributed by atoms with Crippen LogP contribution in [-0.2, 0) is 16.5 Å². The average molecular weight is 1080 g/mol. The minimum absolute atomic E-state index is 0. The van der Waals surface area contributed by atoms with Crippen molar-refractivity contribution in [3.63, 3.8) is 0 Å². The molecule has 1 aliphatic heterocycles. The largest absolute Gasteiger partial charge is 0.493 e. The molecule has 0 aliphatic carbocycles. The fraction of sp³-hybridized carbons (Fsp3) is 0.671. The first-order valence-corrected chi connectivity index (χ1v) is 32.9. The number of allylic oxidation sites excluding steroid dienone is 6. The van der Waals surface area contributed by atoms with Gasteiger partial charge in [-0.05, 0) is 136 Å². The molecule has 430 valence electrons. The molecule has 0 saturated heterocycles. The number of hydrogen-bond acceptors (Lipinski definition) is 0. The van der Waals surface area contributed by atoms with Gasteiger partial charge in [-0.25, -0.2) is 4.70 Å². The van der Waals surface area contributed by atoms with Gasteiger partial charge in [0.15, 0.2) is 0 Å². The summed E-state index contributed by atoms with van der Waals surface area (Å²) in [5.74, 6) is 0. The SMILES string of the molecule is CCCCCCCCCC=Cc1cc(C=CCCCCCCCCC)cc(C2=C(CCCCC)C(CCCCCCCC)=C(c3cc(C=CCCCCCCCCC)cc(C=CCCCCCCCCC)c3)[N+]2=[N-])c1.[Ni]. The molecule has 0 aromatic heterocycles. The first-order valence-electron chi connectivity index (χ1n) is 32.9. The molecule has 76 heavy (non-hydrogen) atoms. The number of benzene rings is 2. The molecule has 1 heterocycles. The molecule has 2 aromatic carbocycles. The standard InChI is InChI=1S/C73H118N2.Ni/c1-7-13-19-24-29-33-37-41-47-52-64-58-65(53-48-42-38-34-30-25-20-14-8-2)61-68(60-64)72-70(56-46-18-12-6)71(57-51-45-28-23-17-11-5)73(75(72)74)69-62-66(54-49-43-39-35-31-26-21-15-9-3)59-67(63-69)55-50-44-40-36-32-27-22-16-10-4;/h47-50,52-55,58-63H,7-46,51,56-57H2,1-6H3;. The third-order valence-electron chi connectivity index (χ3n) is 15.8. The van der Waals surface area contributed by atoms with Crippen LogP contribution in [0.1, 0.15) is 351 Å². The molecule has 0 N–H and O–H groups in total. The summed E-state index contributed by atoms with van der Waals surface area (Å²) in [6.07, 6.45) is 74.1. The summed E-state index contributed by atoms with van der Waals surface area (Å²) in [5, 5.41) is 0. The van der Waals surface area contributed by atoms with Crippen LogP contribution < -0.4 is 0 Å². The summed E-state index contributed by atoms with van der Waals surface area (Å²) in [7, 11) is 0. The molecule has 0 saturated carbocycles. The van der Waals surface area contributed by atoms with Crippen LogP contribution in [0.2, 0.25) is 0 Å². The van der Waals surface area contributed by atoms with Crippen molar-refractivity contribution >= 4 is 35.7 Å². The molecule has 2 nitrogen and oxygen atoms in total. The second-order valence-electron chi connectivity index (χ2n) is 23.0. The molecule has 3 heteroatoms. The molecule has 0 atom stereocenters. The van der Waals surface area contributed by atoms with E-state index in [2.05, 4.69) is 127 Å². The van der Waals surface area contributed by atoms with E-state index in [1.807, 2.05) is 0 Å². The minimum Gasteiger partial charge on any atom is -0.493 e. The zero-order chi connectivity index (χ0) is 53.7. The molecule has 0 spiro atoms. The first kappa shape index (κ1) is 69.1. The van der Waals surface area contributed by atoms with E-state index in [9.17, 15) is 5.53 Å². The smallest absolute Gasteiger partial charge is 0.211 e. The summed E-state index contributed by atoms with van der Waals surface area (Å²) in [4.78, 5) is 0. The molecule has 0 fully saturated rings. The summed E-state index contributed by atoms with van der Waals surface area (Å²) in [6, 6.07) is 14.3. The molecular weight excluding hydrogens is 964 g/mol. The van der Waals surface area contributed by atoms with Gasteiger partial charge in [0.05, 0.1) is 0 Å². The van der Waals surface area contributed by atoms with Crippen molar-refractivity contribution in [2.45, 2.75) is 318 Å². The van der Waals surface area contributed by atoms with Crippen molar-refractivity contribution in [2.24, 2.45) is 0 Å². The second kappa shape index (κ2) is 47.9. The Hall–Kier alpha value is -3.03. The van der Waals surface area contributed by atoms with Crippen molar-refractivity contribution in [1.29, 1.82) is 0 Å². The zero-order valence-corrected chi connectivity index (χ0v) is 51.7. The quantitative estimate of drug-likeness (QED) is 0.0358. The van der Waals surface area contributed by atoms with Gasteiger partial charge < -0.3 is 5.53 Å². The monoisotopic (exact) mass is 1080 g/mol. The number of nitrogens with zero attached hydrogens (tertiary/aromatic N) is 2. The second-order valence-corrected chi connectivity index (χ2v) is 23.0. The van der Waals surface area contributed by atoms with Crippen LogP contribution in [0.15, 0.2) is 71.8 Å². The third kappa shape index (κ3) is 30.9. The zero-order valence-electron chi connectivity index (χ0n) is 50.7. The number of unbranched alkanes of at least 4 members (excludes halogenated alkanes) is 35. The Morgan fingerprint density at radius 2 is 0.500 bits per heavy atom. The van der Waals surface area contributed by atoms with E-state index in [0.717, 1.165) is 73.9 Å². The fourth-order valence-corrected chi connectivity index (χ4v) is 11.2. The van der Waals surface area contributed by atoms with Crippen molar-refractivity contribution < 1.29 is 21.2 Å². The van der Waals surface area contributed by atoms with Crippen LogP contribution in [0.25, 0.3) is 41.2 Å². The fourth-order valence-electron chi connectivity index (χ4n) is 11.2. The van der Waals surface area contributed by atoms with Gasteiger partial charge in [0.1, 0.15) is 0 Å². The molecule has 0 unspecified atom stereocenters. The van der Waals surface area contributed by atoms with E-state index in [0.29, 0.717) is 0 Å². The van der Waals surface area contributed by atoms with Gasteiger partial charge in [-0.2, -0.15) is 0 Å². The maximum atomic E-state index is 13.1. The molecule has 0 bridgehead atoms. The van der Waals surface area contributed by atoms with Crippen molar-refractivity contribution in [3.05, 3.63) is 111 Å². The maximum Gasteiger partial charge on any atom is 0.211 e. The van der Waals surface area contributed by atoms with Gasteiger partial charge in [-0.3, -0.25) is 0 Å². The summed E-state index contributed by atoms with van der Waals surface area (Å²) in [6.45, 7) is 13.9. The average Bonchev–Trinajstić information content (AvgIpc) is 3.69. The predicted octanol–water partition coefficient (Wildman–Crippen LogP) is 25.8. The van der Waals surface area contributed by atoms with Crippen molar-refractivity contribution in [3.8, 4) is 0 Å². The molecule has 0 amide bonds. The number of hydrogen-bond donors (Lipinski definition) is 0. The van der Waals surface area contributed by atoms with Crippen LogP contribution in [-0.4, -0.2) is 4.70 Å². The van der Waals surface area contributed by atoms with Crippen molar-refractivity contribution in [1.82, 2.24) is 0 Å².